The normalized spacial score (nSPS) is 16.2. The fourth-order valence-corrected chi connectivity index (χ4v) is 4.48. The number of hydrogen-bond donors (Lipinski definition) is 0. The number of rotatable bonds is 3. The molecule has 1 saturated heterocycles. The fraction of sp³-hybridized carbons (Fsp3) is 0.389. The Kier molecular flexibility index (Phi) is 4.71. The smallest absolute Gasteiger partial charge is 0.255 e. The van der Waals surface area contributed by atoms with Crippen LogP contribution >= 0.6 is 0 Å². The van der Waals surface area contributed by atoms with Gasteiger partial charge >= 0.3 is 0 Å². The maximum Gasteiger partial charge on any atom is 0.255 e. The van der Waals surface area contributed by atoms with Crippen molar-refractivity contribution < 1.29 is 13.2 Å². The molecule has 0 aliphatic carbocycles. The summed E-state index contributed by atoms with van der Waals surface area (Å²) in [7, 11) is -1.65. The van der Waals surface area contributed by atoms with Gasteiger partial charge in [0, 0.05) is 45.6 Å². The Hall–Kier alpha value is -2.12. The maximum atomic E-state index is 12.8. The van der Waals surface area contributed by atoms with E-state index < -0.39 is 10.0 Å². The minimum absolute atomic E-state index is 0.0520. The zero-order valence-corrected chi connectivity index (χ0v) is 15.6. The van der Waals surface area contributed by atoms with Gasteiger partial charge < -0.3 is 9.47 Å². The minimum atomic E-state index is -3.52. The topological polar surface area (TPSA) is 62.6 Å². The number of amides is 1. The molecule has 134 valence electrons. The number of piperazine rings is 1. The van der Waals surface area contributed by atoms with Gasteiger partial charge in [0.2, 0.25) is 10.0 Å². The van der Waals surface area contributed by atoms with Crippen LogP contribution in [0.25, 0.3) is 0 Å². The summed E-state index contributed by atoms with van der Waals surface area (Å²) in [4.78, 5) is 14.5. The number of sulfonamides is 1. The van der Waals surface area contributed by atoms with Crippen molar-refractivity contribution in [3.8, 4) is 0 Å². The minimum Gasteiger partial charge on any atom is -0.356 e. The third-order valence-electron chi connectivity index (χ3n) is 4.72. The Morgan fingerprint density at radius 1 is 1.00 bits per heavy atom. The largest absolute Gasteiger partial charge is 0.356 e. The lowest BCUT2D eigenvalue weighted by Gasteiger charge is -2.34. The molecule has 1 amide bonds. The molecule has 0 radical (unpaired) electrons. The van der Waals surface area contributed by atoms with Crippen LogP contribution in [0.3, 0.4) is 0 Å². The van der Waals surface area contributed by atoms with E-state index in [2.05, 4.69) is 0 Å². The Morgan fingerprint density at radius 3 is 2.24 bits per heavy atom. The monoisotopic (exact) mass is 361 g/mol. The quantitative estimate of drug-likeness (QED) is 0.837. The molecule has 0 N–H and O–H groups in total. The summed E-state index contributed by atoms with van der Waals surface area (Å²) in [5, 5.41) is 0. The predicted molar refractivity (Wildman–Crippen MR) is 96.0 cm³/mol. The van der Waals surface area contributed by atoms with E-state index in [-0.39, 0.29) is 5.91 Å². The van der Waals surface area contributed by atoms with Crippen molar-refractivity contribution in [3.63, 3.8) is 0 Å². The molecule has 2 aromatic rings. The van der Waals surface area contributed by atoms with Crippen LogP contribution in [0.4, 0.5) is 0 Å². The van der Waals surface area contributed by atoms with Crippen molar-refractivity contribution >= 4 is 15.9 Å². The second-order valence-corrected chi connectivity index (χ2v) is 8.45. The Morgan fingerprint density at radius 2 is 1.68 bits per heavy atom. The second kappa shape index (κ2) is 6.65. The first-order chi connectivity index (χ1) is 11.8. The number of aryl methyl sites for hydroxylation is 3. The van der Waals surface area contributed by atoms with E-state index >= 15 is 0 Å². The molecule has 7 heteroatoms. The predicted octanol–water partition coefficient (Wildman–Crippen LogP) is 1.79. The summed E-state index contributed by atoms with van der Waals surface area (Å²) in [6, 6.07) is 6.98. The van der Waals surface area contributed by atoms with Crippen LogP contribution in [0.15, 0.2) is 41.6 Å². The average Bonchev–Trinajstić information content (AvgIpc) is 3.03. The third-order valence-corrected chi connectivity index (χ3v) is 6.62. The summed E-state index contributed by atoms with van der Waals surface area (Å²) in [6.45, 7) is 5.29. The van der Waals surface area contributed by atoms with Gasteiger partial charge in [-0.1, -0.05) is 6.07 Å². The van der Waals surface area contributed by atoms with Crippen molar-refractivity contribution in [1.82, 2.24) is 13.8 Å². The van der Waals surface area contributed by atoms with Crippen molar-refractivity contribution in [3.05, 3.63) is 53.3 Å². The molecular weight excluding hydrogens is 338 g/mol. The van der Waals surface area contributed by atoms with Gasteiger partial charge in [0.05, 0.1) is 10.5 Å². The highest BCUT2D eigenvalue weighted by Gasteiger charge is 2.30. The Bertz CT molecular complexity index is 894. The summed E-state index contributed by atoms with van der Waals surface area (Å²) >= 11 is 0. The van der Waals surface area contributed by atoms with Crippen molar-refractivity contribution in [2.75, 3.05) is 26.2 Å². The molecule has 0 spiro atoms. The molecular formula is C18H23N3O3S. The molecule has 6 nitrogen and oxygen atoms in total. The molecule has 0 bridgehead atoms. The van der Waals surface area contributed by atoms with E-state index in [9.17, 15) is 13.2 Å². The molecule has 0 atom stereocenters. The molecule has 3 rings (SSSR count). The highest BCUT2D eigenvalue weighted by atomic mass is 32.2. The van der Waals surface area contributed by atoms with E-state index in [0.29, 0.717) is 36.6 Å². The third kappa shape index (κ3) is 3.48. The number of aromatic nitrogens is 1. The highest BCUT2D eigenvalue weighted by Crippen LogP contribution is 2.21. The van der Waals surface area contributed by atoms with Crippen LogP contribution in [0, 0.1) is 13.8 Å². The molecule has 2 heterocycles. The van der Waals surface area contributed by atoms with Crippen LogP contribution in [0.5, 0.6) is 0 Å². The van der Waals surface area contributed by atoms with Gasteiger partial charge in [0.1, 0.15) is 0 Å². The fourth-order valence-electron chi connectivity index (χ4n) is 2.97. The number of nitrogens with zero attached hydrogens (tertiary/aromatic N) is 3. The van der Waals surface area contributed by atoms with Crippen LogP contribution in [-0.2, 0) is 17.1 Å². The number of hydrogen-bond acceptors (Lipinski definition) is 3. The van der Waals surface area contributed by atoms with E-state index in [4.69, 9.17) is 0 Å². The van der Waals surface area contributed by atoms with Gasteiger partial charge in [-0.15, -0.1) is 0 Å². The molecule has 1 aliphatic rings. The van der Waals surface area contributed by atoms with Crippen molar-refractivity contribution in [1.29, 1.82) is 0 Å². The number of carbonyl (C=O) groups excluding carboxylic acids is 1. The van der Waals surface area contributed by atoms with Gasteiger partial charge in [-0.25, -0.2) is 8.42 Å². The van der Waals surface area contributed by atoms with E-state index in [0.717, 1.165) is 11.1 Å². The zero-order valence-electron chi connectivity index (χ0n) is 14.8. The zero-order chi connectivity index (χ0) is 18.2. The molecule has 25 heavy (non-hydrogen) atoms. The van der Waals surface area contributed by atoms with Crippen LogP contribution in [-0.4, -0.2) is 54.3 Å². The Labute approximate surface area is 148 Å². The van der Waals surface area contributed by atoms with Crippen molar-refractivity contribution in [2.45, 2.75) is 18.7 Å². The number of carbonyl (C=O) groups is 1. The standard InChI is InChI=1S/C18H23N3O3S/c1-14-4-5-17(12-15(14)2)25(23,24)21-10-8-20(9-11-21)18(22)16-6-7-19(3)13-16/h4-7,12-13H,8-11H2,1-3H3. The average molecular weight is 361 g/mol. The van der Waals surface area contributed by atoms with Gasteiger partial charge in [-0.3, -0.25) is 4.79 Å². The van der Waals surface area contributed by atoms with Gasteiger partial charge in [0.25, 0.3) is 5.91 Å². The lowest BCUT2D eigenvalue weighted by molar-refractivity contribution is 0.0698. The molecule has 1 aliphatic heterocycles. The van der Waals surface area contributed by atoms with Gasteiger partial charge in [-0.2, -0.15) is 4.31 Å². The van der Waals surface area contributed by atoms with Crippen LogP contribution < -0.4 is 0 Å². The summed E-state index contributed by atoms with van der Waals surface area (Å²) in [5.41, 5.74) is 2.66. The van der Waals surface area contributed by atoms with E-state index in [1.165, 1.54) is 4.31 Å². The Balaban J connectivity index is 1.71. The molecule has 1 fully saturated rings. The number of benzene rings is 1. The highest BCUT2D eigenvalue weighted by molar-refractivity contribution is 7.89. The first-order valence-corrected chi connectivity index (χ1v) is 9.72. The van der Waals surface area contributed by atoms with Gasteiger partial charge in [-0.05, 0) is 43.2 Å². The summed E-state index contributed by atoms with van der Waals surface area (Å²) < 4.78 is 28.9. The second-order valence-electron chi connectivity index (χ2n) is 6.51. The van der Waals surface area contributed by atoms with Crippen LogP contribution in [0.1, 0.15) is 21.5 Å². The maximum absolute atomic E-state index is 12.8. The molecule has 0 unspecified atom stereocenters. The van der Waals surface area contributed by atoms with Crippen molar-refractivity contribution in [2.24, 2.45) is 7.05 Å². The molecule has 1 aromatic carbocycles. The first kappa shape index (κ1) is 17.7. The van der Waals surface area contributed by atoms with E-state index in [1.54, 1.807) is 29.3 Å². The summed E-state index contributed by atoms with van der Waals surface area (Å²) in [6.07, 6.45) is 3.61. The van der Waals surface area contributed by atoms with Crippen LogP contribution in [0.2, 0.25) is 0 Å². The lowest BCUT2D eigenvalue weighted by atomic mass is 10.1. The first-order valence-electron chi connectivity index (χ1n) is 8.28. The van der Waals surface area contributed by atoms with E-state index in [1.807, 2.05) is 37.7 Å². The molecule has 0 saturated carbocycles. The molecule has 1 aromatic heterocycles. The SMILES string of the molecule is Cc1ccc(S(=O)(=O)N2CCN(C(=O)c3ccn(C)c3)CC2)cc1C. The lowest BCUT2D eigenvalue weighted by Crippen LogP contribution is -2.50. The van der Waals surface area contributed by atoms with Gasteiger partial charge in [0.15, 0.2) is 0 Å². The summed E-state index contributed by atoms with van der Waals surface area (Å²) in [5.74, 6) is -0.0520.